The Bertz CT molecular complexity index is 1920. The van der Waals surface area contributed by atoms with Crippen LogP contribution in [-0.4, -0.2) is 85.5 Å². The molecule has 1 fully saturated rings. The molecule has 3 aliphatic rings. The van der Waals surface area contributed by atoms with Gasteiger partial charge in [0.2, 0.25) is 5.78 Å². The zero-order valence-corrected chi connectivity index (χ0v) is 25.4. The van der Waals surface area contributed by atoms with Crippen molar-refractivity contribution in [1.82, 2.24) is 4.90 Å². The number of nitrogens with two attached hydrogens (primary N) is 1. The predicted molar refractivity (Wildman–Crippen MR) is 167 cm³/mol. The van der Waals surface area contributed by atoms with Gasteiger partial charge in [0.25, 0.3) is 5.91 Å². The number of rotatable bonds is 6. The van der Waals surface area contributed by atoms with Gasteiger partial charge in [0, 0.05) is 29.9 Å². The molecule has 3 aromatic rings. The van der Waals surface area contributed by atoms with Gasteiger partial charge in [0.05, 0.1) is 23.6 Å². The third kappa shape index (κ3) is 4.30. The number of amides is 1. The summed E-state index contributed by atoms with van der Waals surface area (Å²) in [5.74, 6) is -9.82. The Labute approximate surface area is 263 Å². The zero-order chi connectivity index (χ0) is 33.4. The average Bonchev–Trinajstić information content (AvgIpc) is 3.00. The minimum absolute atomic E-state index is 0.0854. The second-order valence-electron chi connectivity index (χ2n) is 12.6. The van der Waals surface area contributed by atoms with E-state index in [1.165, 1.54) is 19.0 Å². The first-order valence-corrected chi connectivity index (χ1v) is 14.9. The number of hydrogen-bond acceptors (Lipinski definition) is 10. The number of hydrogen-bond donors (Lipinski definition) is 6. The SMILES string of the molecule is C[C@@H]1c2ccc(CC(=O)Cc3cccc4ccccc34)c(O)c2C(O)=C2C(=O)[C@@]3(O)C(O)=C(C(N)=O)C(=O)[C@H](N(C)C)[C@H]3[C@H](O)[C@H]21. The molecular weight excluding hydrogens is 592 g/mol. The molecule has 0 aliphatic heterocycles. The molecule has 238 valence electrons. The minimum Gasteiger partial charge on any atom is -0.508 e. The number of primary amides is 1. The normalized spacial score (nSPS) is 27.5. The van der Waals surface area contributed by atoms with Gasteiger partial charge in [-0.1, -0.05) is 61.5 Å². The number of phenolic OH excluding ortho intramolecular Hbond substituents is 1. The van der Waals surface area contributed by atoms with Crippen LogP contribution in [0.1, 0.15) is 35.1 Å². The first-order valence-electron chi connectivity index (χ1n) is 14.9. The number of benzene rings is 3. The third-order valence-electron chi connectivity index (χ3n) is 9.87. The van der Waals surface area contributed by atoms with Crippen LogP contribution in [0.2, 0.25) is 0 Å². The summed E-state index contributed by atoms with van der Waals surface area (Å²) in [6.45, 7) is 1.65. The van der Waals surface area contributed by atoms with Gasteiger partial charge in [-0.15, -0.1) is 0 Å². The zero-order valence-electron chi connectivity index (χ0n) is 25.4. The standard InChI is InChI=1S/C35H34N2O9/c1-15-20-12-11-18(14-19(38)13-17-9-6-8-16-7-4-5-10-21(16)17)28(39)23(20)29(40)24-22(15)30(41)26-27(37(2)3)31(42)25(34(36)45)33(44)35(26,46)32(24)43/h4-12,15,22,26-27,30,39-41,44,46H,13-14H2,1-3H3,(H2,36,45)/t15-,22+,26+,27-,30-,35-/m1/s1. The molecule has 0 saturated heterocycles. The Morgan fingerprint density at radius 2 is 1.59 bits per heavy atom. The smallest absolute Gasteiger partial charge is 0.255 e. The van der Waals surface area contributed by atoms with E-state index in [4.69, 9.17) is 5.73 Å². The van der Waals surface area contributed by atoms with Crippen molar-refractivity contribution in [2.24, 2.45) is 17.6 Å². The van der Waals surface area contributed by atoms with Crippen LogP contribution in [0.4, 0.5) is 0 Å². The van der Waals surface area contributed by atoms with Crippen LogP contribution in [0.25, 0.3) is 16.5 Å². The lowest BCUT2D eigenvalue weighted by Crippen LogP contribution is -2.70. The fourth-order valence-corrected chi connectivity index (χ4v) is 7.74. The van der Waals surface area contributed by atoms with Crippen molar-refractivity contribution in [3.8, 4) is 5.75 Å². The van der Waals surface area contributed by atoms with E-state index >= 15 is 0 Å². The fourth-order valence-electron chi connectivity index (χ4n) is 7.74. The lowest BCUT2D eigenvalue weighted by Gasteiger charge is -2.53. The van der Waals surface area contributed by atoms with Crippen LogP contribution < -0.4 is 5.73 Å². The summed E-state index contributed by atoms with van der Waals surface area (Å²) in [4.78, 5) is 54.3. The molecule has 3 aliphatic carbocycles. The van der Waals surface area contributed by atoms with Crippen LogP contribution in [0.3, 0.4) is 0 Å². The number of nitrogens with zero attached hydrogens (tertiary/aromatic N) is 1. The highest BCUT2D eigenvalue weighted by Crippen LogP contribution is 2.56. The first-order chi connectivity index (χ1) is 21.7. The van der Waals surface area contributed by atoms with Crippen LogP contribution in [0, 0.1) is 11.8 Å². The van der Waals surface area contributed by atoms with Crippen LogP contribution in [0.15, 0.2) is 71.5 Å². The van der Waals surface area contributed by atoms with E-state index in [0.717, 1.165) is 16.3 Å². The van der Waals surface area contributed by atoms with E-state index in [9.17, 15) is 44.7 Å². The van der Waals surface area contributed by atoms with Gasteiger partial charge in [0.1, 0.15) is 28.6 Å². The first kappa shape index (κ1) is 31.2. The Kier molecular flexibility index (Phi) is 7.38. The molecule has 11 heteroatoms. The van der Waals surface area contributed by atoms with Gasteiger partial charge < -0.3 is 31.3 Å². The topological polar surface area (TPSA) is 199 Å². The third-order valence-corrected chi connectivity index (χ3v) is 9.87. The highest BCUT2D eigenvalue weighted by molar-refractivity contribution is 6.24. The number of phenols is 1. The monoisotopic (exact) mass is 626 g/mol. The molecule has 0 aromatic heterocycles. The molecule has 6 atom stereocenters. The van der Waals surface area contributed by atoms with Gasteiger partial charge in [-0.05, 0) is 41.9 Å². The van der Waals surface area contributed by atoms with Gasteiger partial charge in [0.15, 0.2) is 11.4 Å². The Morgan fingerprint density at radius 3 is 2.26 bits per heavy atom. The summed E-state index contributed by atoms with van der Waals surface area (Å²) in [5, 5.41) is 59.5. The molecule has 11 nitrogen and oxygen atoms in total. The molecule has 0 bridgehead atoms. The van der Waals surface area contributed by atoms with E-state index in [1.807, 2.05) is 42.5 Å². The molecule has 0 radical (unpaired) electrons. The Morgan fingerprint density at radius 1 is 0.935 bits per heavy atom. The van der Waals surface area contributed by atoms with Gasteiger partial charge in [-0.2, -0.15) is 0 Å². The second kappa shape index (κ2) is 10.9. The van der Waals surface area contributed by atoms with E-state index < -0.39 is 81.4 Å². The second-order valence-corrected chi connectivity index (χ2v) is 12.6. The summed E-state index contributed by atoms with van der Waals surface area (Å²) < 4.78 is 0. The number of carbonyl (C=O) groups excluding carboxylic acids is 4. The van der Waals surface area contributed by atoms with Crippen molar-refractivity contribution in [3.63, 3.8) is 0 Å². The van der Waals surface area contributed by atoms with Crippen LogP contribution in [0.5, 0.6) is 5.75 Å². The predicted octanol–water partition coefficient (Wildman–Crippen LogP) is 2.00. The largest absolute Gasteiger partial charge is 0.508 e. The van der Waals surface area contributed by atoms with Crippen LogP contribution in [-0.2, 0) is 32.0 Å². The molecule has 0 unspecified atom stereocenters. The van der Waals surface area contributed by atoms with Gasteiger partial charge >= 0.3 is 0 Å². The van der Waals surface area contributed by atoms with Crippen molar-refractivity contribution in [1.29, 1.82) is 0 Å². The van der Waals surface area contributed by atoms with Crippen molar-refractivity contribution >= 4 is 39.8 Å². The maximum atomic E-state index is 14.2. The van der Waals surface area contributed by atoms with Crippen LogP contribution >= 0.6 is 0 Å². The number of ketones is 3. The highest BCUT2D eigenvalue weighted by atomic mass is 16.4. The molecule has 7 N–H and O–H groups in total. The van der Waals surface area contributed by atoms with Crippen molar-refractivity contribution in [2.45, 2.75) is 43.4 Å². The maximum absolute atomic E-state index is 14.2. The lowest BCUT2D eigenvalue weighted by atomic mass is 9.54. The average molecular weight is 627 g/mol. The summed E-state index contributed by atoms with van der Waals surface area (Å²) in [6, 6.07) is 15.0. The number of aliphatic hydroxyl groups excluding tert-OH is 3. The number of aromatic hydroxyl groups is 1. The molecule has 0 spiro atoms. The van der Waals surface area contributed by atoms with E-state index in [-0.39, 0.29) is 29.8 Å². The van der Waals surface area contributed by atoms with Crippen molar-refractivity contribution < 1.29 is 44.7 Å². The molecule has 1 saturated carbocycles. The molecule has 46 heavy (non-hydrogen) atoms. The highest BCUT2D eigenvalue weighted by Gasteiger charge is 2.68. The molecule has 1 amide bonds. The van der Waals surface area contributed by atoms with E-state index in [2.05, 4.69) is 0 Å². The van der Waals surface area contributed by atoms with Gasteiger partial charge in [-0.25, -0.2) is 0 Å². The van der Waals surface area contributed by atoms with Crippen molar-refractivity contribution in [3.05, 3.63) is 93.8 Å². The number of aliphatic hydroxyl groups is 4. The summed E-state index contributed by atoms with van der Waals surface area (Å²) in [7, 11) is 2.90. The summed E-state index contributed by atoms with van der Waals surface area (Å²) in [5.41, 5.74) is 2.14. The quantitative estimate of drug-likeness (QED) is 0.220. The van der Waals surface area contributed by atoms with E-state index in [0.29, 0.717) is 5.56 Å². The molecule has 3 aromatic carbocycles. The summed E-state index contributed by atoms with van der Waals surface area (Å²) >= 11 is 0. The Balaban J connectivity index is 1.43. The molecular formula is C35H34N2O9. The lowest BCUT2D eigenvalue weighted by molar-refractivity contribution is -0.169. The Hall–Kier alpha value is -4.84. The number of likely N-dealkylation sites (N-methyl/N-ethyl adjacent to an activating group) is 1. The van der Waals surface area contributed by atoms with Crippen molar-refractivity contribution in [2.75, 3.05) is 14.1 Å². The summed E-state index contributed by atoms with van der Waals surface area (Å²) in [6.07, 6.45) is -1.79. The van der Waals surface area contributed by atoms with Gasteiger partial charge in [-0.3, -0.25) is 24.1 Å². The minimum atomic E-state index is -2.99. The molecule has 0 heterocycles. The number of fused-ring (bicyclic) bond motifs is 4. The number of Topliss-reactive ketones (excluding diaryl/α,β-unsaturated/α-hetero) is 3. The van der Waals surface area contributed by atoms with E-state index in [1.54, 1.807) is 19.1 Å². The number of carbonyl (C=O) groups is 4. The fraction of sp³-hybridized carbons (Fsp3) is 0.314. The maximum Gasteiger partial charge on any atom is 0.255 e. The molecule has 6 rings (SSSR count).